The molecule has 0 aliphatic carbocycles. The fraction of sp³-hybridized carbons (Fsp3) is 0.778. The number of unbranched alkanes of at least 4 members (excludes halogenated alkanes) is 16. The van der Waals surface area contributed by atoms with E-state index in [1.807, 2.05) is 24.3 Å². The Morgan fingerprint density at radius 1 is 0.667 bits per heavy atom. The Balaban J connectivity index is 3.66. The molecule has 1 unspecified atom stereocenters. The zero-order chi connectivity index (χ0) is 30.9. The predicted octanol–water partition coefficient (Wildman–Crippen LogP) is 9.09. The zero-order valence-corrected chi connectivity index (χ0v) is 27.1. The standard InChI is InChI=1S/C36H64O6/c1-3-5-7-8-9-10-11-12-15-19-22-26-30-36(40)42-34(31-37)32-41-35(39)29-25-21-18-16-13-14-17-20-24-28-33(38)27-23-6-4-2/h6,17,20,23-24,28,33-34,37-38H,3-5,7-16,18-19,21-22,25-27,29-32H2,1-2H3/b20-17+,23-6+,28-24+/t33?,34-/m0/s1. The van der Waals surface area contributed by atoms with E-state index >= 15 is 0 Å². The third kappa shape index (κ3) is 29.6. The fourth-order valence-corrected chi connectivity index (χ4v) is 4.65. The first-order valence-corrected chi connectivity index (χ1v) is 17.2. The molecule has 2 N–H and O–H groups in total. The molecular formula is C36H64O6. The van der Waals surface area contributed by atoms with Crippen LogP contribution in [0.2, 0.25) is 0 Å². The van der Waals surface area contributed by atoms with Gasteiger partial charge in [0.05, 0.1) is 12.7 Å². The van der Waals surface area contributed by atoms with Gasteiger partial charge in [0.15, 0.2) is 6.10 Å². The van der Waals surface area contributed by atoms with Crippen molar-refractivity contribution in [1.29, 1.82) is 0 Å². The van der Waals surface area contributed by atoms with Crippen LogP contribution in [-0.2, 0) is 19.1 Å². The Hall–Kier alpha value is -1.92. The number of allylic oxidation sites excluding steroid dienone is 4. The Morgan fingerprint density at radius 3 is 1.79 bits per heavy atom. The predicted molar refractivity (Wildman–Crippen MR) is 174 cm³/mol. The largest absolute Gasteiger partial charge is 0.462 e. The van der Waals surface area contributed by atoms with Crippen molar-refractivity contribution >= 4 is 11.9 Å². The molecule has 0 rings (SSSR count). The Kier molecular flexibility index (Phi) is 30.5. The molecule has 244 valence electrons. The van der Waals surface area contributed by atoms with Crippen molar-refractivity contribution in [2.45, 2.75) is 167 Å². The van der Waals surface area contributed by atoms with Crippen molar-refractivity contribution in [3.63, 3.8) is 0 Å². The van der Waals surface area contributed by atoms with E-state index in [4.69, 9.17) is 9.47 Å². The first kappa shape index (κ1) is 40.1. The minimum Gasteiger partial charge on any atom is -0.462 e. The highest BCUT2D eigenvalue weighted by Crippen LogP contribution is 2.13. The van der Waals surface area contributed by atoms with Gasteiger partial charge in [-0.1, -0.05) is 140 Å². The Morgan fingerprint density at radius 2 is 1.21 bits per heavy atom. The van der Waals surface area contributed by atoms with Gasteiger partial charge in [0, 0.05) is 12.8 Å². The van der Waals surface area contributed by atoms with Crippen LogP contribution in [0.15, 0.2) is 36.5 Å². The van der Waals surface area contributed by atoms with Gasteiger partial charge in [0.2, 0.25) is 0 Å². The Bertz CT molecular complexity index is 699. The molecule has 0 aliphatic rings. The molecule has 0 aromatic heterocycles. The summed E-state index contributed by atoms with van der Waals surface area (Å²) in [5.74, 6) is -0.645. The molecule has 0 saturated carbocycles. The molecule has 6 heteroatoms. The van der Waals surface area contributed by atoms with Crippen LogP contribution in [0.5, 0.6) is 0 Å². The van der Waals surface area contributed by atoms with E-state index in [0.717, 1.165) is 64.2 Å². The molecule has 0 aromatic rings. The number of esters is 2. The summed E-state index contributed by atoms with van der Waals surface area (Å²) in [5.41, 5.74) is 0. The van der Waals surface area contributed by atoms with Crippen LogP contribution in [-0.4, -0.2) is 47.6 Å². The lowest BCUT2D eigenvalue weighted by Gasteiger charge is -2.15. The molecule has 0 aromatic carbocycles. The van der Waals surface area contributed by atoms with Gasteiger partial charge in [0.1, 0.15) is 6.61 Å². The van der Waals surface area contributed by atoms with Crippen molar-refractivity contribution in [1.82, 2.24) is 0 Å². The van der Waals surface area contributed by atoms with E-state index in [1.54, 1.807) is 0 Å². The highest BCUT2D eigenvalue weighted by atomic mass is 16.6. The molecular weight excluding hydrogens is 528 g/mol. The first-order valence-electron chi connectivity index (χ1n) is 17.2. The van der Waals surface area contributed by atoms with Gasteiger partial charge >= 0.3 is 11.9 Å². The second kappa shape index (κ2) is 32.0. The normalized spacial score (nSPS) is 13.3. The van der Waals surface area contributed by atoms with Crippen LogP contribution in [0.1, 0.15) is 155 Å². The molecule has 0 saturated heterocycles. The lowest BCUT2D eigenvalue weighted by molar-refractivity contribution is -0.161. The van der Waals surface area contributed by atoms with Gasteiger partial charge < -0.3 is 19.7 Å². The summed E-state index contributed by atoms with van der Waals surface area (Å²) in [6.07, 6.45) is 33.8. The highest BCUT2D eigenvalue weighted by molar-refractivity contribution is 5.70. The second-order valence-electron chi connectivity index (χ2n) is 11.4. The van der Waals surface area contributed by atoms with Gasteiger partial charge in [0.25, 0.3) is 0 Å². The van der Waals surface area contributed by atoms with Crippen molar-refractivity contribution < 1.29 is 29.3 Å². The maximum Gasteiger partial charge on any atom is 0.306 e. The van der Waals surface area contributed by atoms with Gasteiger partial charge in [-0.05, 0) is 38.5 Å². The number of carbonyl (C=O) groups is 2. The number of ether oxygens (including phenoxy) is 2. The number of hydrogen-bond acceptors (Lipinski definition) is 6. The highest BCUT2D eigenvalue weighted by Gasteiger charge is 2.16. The fourth-order valence-electron chi connectivity index (χ4n) is 4.65. The van der Waals surface area contributed by atoms with E-state index in [0.29, 0.717) is 19.3 Å². The topological polar surface area (TPSA) is 93.1 Å². The van der Waals surface area contributed by atoms with Crippen LogP contribution in [0, 0.1) is 0 Å². The average Bonchev–Trinajstić information content (AvgIpc) is 2.98. The first-order chi connectivity index (χ1) is 20.5. The van der Waals surface area contributed by atoms with Crippen molar-refractivity contribution in [3.8, 4) is 0 Å². The summed E-state index contributed by atoms with van der Waals surface area (Å²) < 4.78 is 10.5. The maximum absolute atomic E-state index is 12.1. The quantitative estimate of drug-likeness (QED) is 0.0374. The number of aliphatic hydroxyl groups excluding tert-OH is 2. The minimum absolute atomic E-state index is 0.0905. The van der Waals surface area contributed by atoms with Gasteiger partial charge in [-0.2, -0.15) is 0 Å². The zero-order valence-electron chi connectivity index (χ0n) is 27.1. The van der Waals surface area contributed by atoms with Gasteiger partial charge in [-0.3, -0.25) is 9.59 Å². The van der Waals surface area contributed by atoms with Gasteiger partial charge in [-0.15, -0.1) is 0 Å². The van der Waals surface area contributed by atoms with E-state index < -0.39 is 12.2 Å². The average molecular weight is 593 g/mol. The minimum atomic E-state index is -0.789. The number of hydrogen-bond donors (Lipinski definition) is 2. The molecule has 0 heterocycles. The van der Waals surface area contributed by atoms with E-state index in [2.05, 4.69) is 26.0 Å². The van der Waals surface area contributed by atoms with Crippen molar-refractivity contribution in [2.75, 3.05) is 13.2 Å². The monoisotopic (exact) mass is 592 g/mol. The lowest BCUT2D eigenvalue weighted by Crippen LogP contribution is -2.28. The summed E-state index contributed by atoms with van der Waals surface area (Å²) in [5, 5.41) is 19.3. The third-order valence-corrected chi connectivity index (χ3v) is 7.28. The van der Waals surface area contributed by atoms with Crippen molar-refractivity contribution in [2.24, 2.45) is 0 Å². The SMILES string of the molecule is CC/C=C/CC(O)/C=C/C=C/CCCCCCCC(=O)OC[C@H](CO)OC(=O)CCCCCCCCCCCCCC. The molecule has 0 aliphatic heterocycles. The molecule has 2 atom stereocenters. The van der Waals surface area contributed by atoms with E-state index in [9.17, 15) is 19.8 Å². The smallest absolute Gasteiger partial charge is 0.306 e. The second-order valence-corrected chi connectivity index (χ2v) is 11.4. The number of rotatable bonds is 30. The van der Waals surface area contributed by atoms with Crippen LogP contribution >= 0.6 is 0 Å². The molecule has 0 radical (unpaired) electrons. The molecule has 6 nitrogen and oxygen atoms in total. The van der Waals surface area contributed by atoms with Crippen LogP contribution < -0.4 is 0 Å². The maximum atomic E-state index is 12.1. The van der Waals surface area contributed by atoms with Crippen LogP contribution in [0.3, 0.4) is 0 Å². The molecule has 0 fully saturated rings. The van der Waals surface area contributed by atoms with E-state index in [-0.39, 0.29) is 25.2 Å². The number of carbonyl (C=O) groups excluding carboxylic acids is 2. The third-order valence-electron chi connectivity index (χ3n) is 7.28. The summed E-state index contributed by atoms with van der Waals surface area (Å²) in [7, 11) is 0. The molecule has 0 bridgehead atoms. The van der Waals surface area contributed by atoms with Crippen molar-refractivity contribution in [3.05, 3.63) is 36.5 Å². The van der Waals surface area contributed by atoms with Crippen LogP contribution in [0.25, 0.3) is 0 Å². The van der Waals surface area contributed by atoms with E-state index in [1.165, 1.54) is 57.8 Å². The van der Waals surface area contributed by atoms with Crippen LogP contribution in [0.4, 0.5) is 0 Å². The summed E-state index contributed by atoms with van der Waals surface area (Å²) in [6, 6.07) is 0. The molecule has 42 heavy (non-hydrogen) atoms. The number of aliphatic hydroxyl groups is 2. The summed E-state index contributed by atoms with van der Waals surface area (Å²) >= 11 is 0. The van der Waals surface area contributed by atoms with Gasteiger partial charge in [-0.25, -0.2) is 0 Å². The lowest BCUT2D eigenvalue weighted by atomic mass is 10.0. The summed E-state index contributed by atoms with van der Waals surface area (Å²) in [4.78, 5) is 24.1. The summed E-state index contributed by atoms with van der Waals surface area (Å²) in [6.45, 7) is 3.89. The molecule has 0 amide bonds. The Labute approximate surface area is 258 Å². The molecule has 0 spiro atoms.